The smallest absolute Gasteiger partial charge is 0.200 e. The Morgan fingerprint density at radius 3 is 1.31 bits per heavy atom. The van der Waals surface area contributed by atoms with Gasteiger partial charge in [-0.2, -0.15) is 0 Å². The average molecular weight is 201 g/mol. The van der Waals surface area contributed by atoms with Gasteiger partial charge in [-0.15, -0.1) is 0 Å². The normalized spacial score (nSPS) is 13.4. The van der Waals surface area contributed by atoms with Crippen LogP contribution in [-0.4, -0.2) is 14.9 Å². The maximum Gasteiger partial charge on any atom is 0.200 e. The Morgan fingerprint density at radius 1 is 0.923 bits per heavy atom. The largest absolute Gasteiger partial charge is 0.416 e. The molecule has 79 valence electrons. The van der Waals surface area contributed by atoms with Crippen LogP contribution in [0.4, 0.5) is 0 Å². The summed E-state index contributed by atoms with van der Waals surface area (Å²) in [7, 11) is -1.59. The molecule has 0 bridgehead atoms. The molecule has 0 unspecified atom stereocenters. The van der Waals surface area contributed by atoms with Crippen LogP contribution in [0, 0.1) is 6.92 Å². The Bertz CT molecular complexity index is 119. The first-order chi connectivity index (χ1) is 5.89. The molecule has 0 saturated carbocycles. The van der Waals surface area contributed by atoms with Crippen LogP contribution >= 0.6 is 0 Å². The molecule has 0 aliphatic heterocycles. The van der Waals surface area contributed by atoms with Gasteiger partial charge in [0.15, 0.2) is 8.32 Å². The molecule has 1 nitrogen and oxygen atoms in total. The van der Waals surface area contributed by atoms with Gasteiger partial charge in [0.2, 0.25) is 0 Å². The molecular weight excluding hydrogens is 176 g/mol. The van der Waals surface area contributed by atoms with Crippen LogP contribution in [0.15, 0.2) is 0 Å². The minimum atomic E-state index is -1.59. The molecule has 0 rings (SSSR count). The summed E-state index contributed by atoms with van der Waals surface area (Å²) in [5.74, 6) is 0. The van der Waals surface area contributed by atoms with Crippen molar-refractivity contribution in [1.82, 2.24) is 0 Å². The molecule has 0 spiro atoms. The minimum Gasteiger partial charge on any atom is -0.416 e. The standard InChI is InChI=1S/C11H25OSi/c1-8-12-13(9(2)3,10(4)5)11(6)7/h9-11H,1,8H2,2-7H3. The van der Waals surface area contributed by atoms with Gasteiger partial charge < -0.3 is 4.43 Å². The first kappa shape index (κ1) is 13.2. The topological polar surface area (TPSA) is 9.23 Å². The summed E-state index contributed by atoms with van der Waals surface area (Å²) in [5.41, 5.74) is 2.03. The van der Waals surface area contributed by atoms with E-state index in [0.29, 0.717) is 23.2 Å². The molecule has 0 aromatic rings. The van der Waals surface area contributed by atoms with E-state index in [9.17, 15) is 0 Å². The van der Waals surface area contributed by atoms with E-state index in [-0.39, 0.29) is 0 Å². The van der Waals surface area contributed by atoms with Crippen LogP contribution in [0.2, 0.25) is 16.6 Å². The second-order valence-electron chi connectivity index (χ2n) is 4.67. The van der Waals surface area contributed by atoms with E-state index in [1.165, 1.54) is 0 Å². The lowest BCUT2D eigenvalue weighted by Gasteiger charge is -2.41. The van der Waals surface area contributed by atoms with Crippen LogP contribution < -0.4 is 0 Å². The molecule has 0 heterocycles. The van der Waals surface area contributed by atoms with Gasteiger partial charge in [-0.25, -0.2) is 0 Å². The van der Waals surface area contributed by atoms with Gasteiger partial charge in [0.25, 0.3) is 0 Å². The van der Waals surface area contributed by atoms with Gasteiger partial charge in [-0.1, -0.05) is 41.5 Å². The minimum absolute atomic E-state index is 0.626. The highest BCUT2D eigenvalue weighted by Crippen LogP contribution is 2.41. The van der Waals surface area contributed by atoms with Crippen LogP contribution in [0.1, 0.15) is 41.5 Å². The Labute approximate surface area is 85.0 Å². The fraction of sp³-hybridized carbons (Fsp3) is 0.909. The Morgan fingerprint density at radius 2 is 1.23 bits per heavy atom. The van der Waals surface area contributed by atoms with Crippen LogP contribution in [0.3, 0.4) is 0 Å². The van der Waals surface area contributed by atoms with Crippen molar-refractivity contribution in [2.45, 2.75) is 58.2 Å². The first-order valence-electron chi connectivity index (χ1n) is 5.32. The first-order valence-corrected chi connectivity index (χ1v) is 7.46. The van der Waals surface area contributed by atoms with Crippen molar-refractivity contribution in [3.8, 4) is 0 Å². The molecule has 0 fully saturated rings. The molecule has 0 saturated heterocycles. The molecular formula is C11H25OSi. The molecule has 2 heteroatoms. The zero-order valence-corrected chi connectivity index (χ0v) is 11.1. The predicted molar refractivity (Wildman–Crippen MR) is 62.4 cm³/mol. The van der Waals surface area contributed by atoms with Gasteiger partial charge in [-0.3, -0.25) is 0 Å². The second-order valence-corrected chi connectivity index (χ2v) is 10.1. The van der Waals surface area contributed by atoms with Crippen molar-refractivity contribution in [2.75, 3.05) is 6.61 Å². The third kappa shape index (κ3) is 2.56. The van der Waals surface area contributed by atoms with Crippen molar-refractivity contribution in [1.29, 1.82) is 0 Å². The Balaban J connectivity index is 4.82. The summed E-state index contributed by atoms with van der Waals surface area (Å²) in [5, 5.41) is 0. The summed E-state index contributed by atoms with van der Waals surface area (Å²) in [4.78, 5) is 0. The van der Waals surface area contributed by atoms with E-state index in [1.54, 1.807) is 0 Å². The average Bonchev–Trinajstić information content (AvgIpc) is 1.97. The molecule has 0 aromatic heterocycles. The van der Waals surface area contributed by atoms with Gasteiger partial charge in [0.1, 0.15) is 0 Å². The Kier molecular flexibility index (Phi) is 5.23. The van der Waals surface area contributed by atoms with Crippen molar-refractivity contribution in [2.24, 2.45) is 0 Å². The van der Waals surface area contributed by atoms with Gasteiger partial charge >= 0.3 is 0 Å². The van der Waals surface area contributed by atoms with E-state index in [2.05, 4.69) is 48.5 Å². The number of rotatable bonds is 5. The highest BCUT2D eigenvalue weighted by Gasteiger charge is 2.44. The van der Waals surface area contributed by atoms with Crippen molar-refractivity contribution >= 4 is 8.32 Å². The lowest BCUT2D eigenvalue weighted by atomic mass is 10.5. The molecule has 0 aliphatic rings. The summed E-state index contributed by atoms with van der Waals surface area (Å²) >= 11 is 0. The lowest BCUT2D eigenvalue weighted by molar-refractivity contribution is 0.314. The fourth-order valence-corrected chi connectivity index (χ4v) is 8.03. The second kappa shape index (κ2) is 5.16. The van der Waals surface area contributed by atoms with Gasteiger partial charge in [0, 0.05) is 6.61 Å². The van der Waals surface area contributed by atoms with Crippen LogP contribution in [-0.2, 0) is 4.43 Å². The molecule has 1 radical (unpaired) electrons. The lowest BCUT2D eigenvalue weighted by Crippen LogP contribution is -2.47. The van der Waals surface area contributed by atoms with Crippen molar-refractivity contribution < 1.29 is 4.43 Å². The van der Waals surface area contributed by atoms with E-state index in [1.807, 2.05) is 0 Å². The van der Waals surface area contributed by atoms with Gasteiger partial charge in [0.05, 0.1) is 0 Å². The molecule has 0 amide bonds. The zero-order chi connectivity index (χ0) is 10.6. The third-order valence-electron chi connectivity index (χ3n) is 3.06. The summed E-state index contributed by atoms with van der Waals surface area (Å²) in [6, 6.07) is 0. The maximum absolute atomic E-state index is 6.04. The molecule has 0 N–H and O–H groups in total. The number of hydrogen-bond donors (Lipinski definition) is 0. The van der Waals surface area contributed by atoms with Crippen LogP contribution in [0.5, 0.6) is 0 Å². The summed E-state index contributed by atoms with van der Waals surface area (Å²) in [6.45, 7) is 18.2. The monoisotopic (exact) mass is 201 g/mol. The summed E-state index contributed by atoms with van der Waals surface area (Å²) in [6.07, 6.45) is 0. The molecule has 0 aromatic carbocycles. The fourth-order valence-electron chi connectivity index (χ4n) is 2.68. The van der Waals surface area contributed by atoms with E-state index in [4.69, 9.17) is 4.43 Å². The van der Waals surface area contributed by atoms with E-state index in [0.717, 1.165) is 0 Å². The van der Waals surface area contributed by atoms with Crippen molar-refractivity contribution in [3.63, 3.8) is 0 Å². The van der Waals surface area contributed by atoms with E-state index >= 15 is 0 Å². The number of hydrogen-bond acceptors (Lipinski definition) is 1. The predicted octanol–water partition coefficient (Wildman–Crippen LogP) is 4.01. The summed E-state index contributed by atoms with van der Waals surface area (Å²) < 4.78 is 6.04. The van der Waals surface area contributed by atoms with Crippen LogP contribution in [0.25, 0.3) is 0 Å². The van der Waals surface area contributed by atoms with Gasteiger partial charge in [-0.05, 0) is 23.5 Å². The van der Waals surface area contributed by atoms with Crippen molar-refractivity contribution in [3.05, 3.63) is 6.92 Å². The Hall–Kier alpha value is 0.177. The highest BCUT2D eigenvalue weighted by molar-refractivity contribution is 6.77. The molecule has 13 heavy (non-hydrogen) atoms. The zero-order valence-electron chi connectivity index (χ0n) is 10.1. The SMILES string of the molecule is [CH2]CO[Si](C(C)C)(C(C)C)C(C)C. The van der Waals surface area contributed by atoms with E-state index < -0.39 is 8.32 Å². The third-order valence-corrected chi connectivity index (χ3v) is 9.18. The highest BCUT2D eigenvalue weighted by atomic mass is 28.4. The quantitative estimate of drug-likeness (QED) is 0.611. The molecule has 0 atom stereocenters. The molecule has 0 aliphatic carbocycles. The maximum atomic E-state index is 6.04.